The second-order valence-corrected chi connectivity index (χ2v) is 9.71. The summed E-state index contributed by atoms with van der Waals surface area (Å²) in [5.74, 6) is -1.27. The summed E-state index contributed by atoms with van der Waals surface area (Å²) in [6.07, 6.45) is 3.52. The van der Waals surface area contributed by atoms with Crippen LogP contribution in [-0.2, 0) is 0 Å². The molecule has 1 aliphatic rings. The number of nitrogens with zero attached hydrogens (tertiary/aromatic N) is 3. The molecule has 0 radical (unpaired) electrons. The van der Waals surface area contributed by atoms with Crippen LogP contribution in [0, 0.1) is 11.2 Å². The summed E-state index contributed by atoms with van der Waals surface area (Å²) in [6.45, 7) is 7.90. The third kappa shape index (κ3) is 4.80. The zero-order valence-electron chi connectivity index (χ0n) is 18.7. The molecule has 1 saturated heterocycles. The highest BCUT2D eigenvalue weighted by Crippen LogP contribution is 2.32. The van der Waals surface area contributed by atoms with E-state index in [-0.39, 0.29) is 22.2 Å². The first-order valence-electron chi connectivity index (χ1n) is 10.8. The van der Waals surface area contributed by atoms with E-state index in [0.29, 0.717) is 22.1 Å². The van der Waals surface area contributed by atoms with Crippen molar-refractivity contribution < 1.29 is 14.3 Å². The number of carbonyl (C=O) groups is 1. The molecule has 2 N–H and O–H groups in total. The van der Waals surface area contributed by atoms with Crippen LogP contribution in [0.2, 0.25) is 5.02 Å². The first-order chi connectivity index (χ1) is 15.5. The largest absolute Gasteiger partial charge is 0.478 e. The highest BCUT2D eigenvalue weighted by Gasteiger charge is 2.27. The van der Waals surface area contributed by atoms with Crippen molar-refractivity contribution in [3.05, 3.63) is 68.8 Å². The van der Waals surface area contributed by atoms with Crippen LogP contribution in [0.15, 0.2) is 41.3 Å². The summed E-state index contributed by atoms with van der Waals surface area (Å²) in [4.78, 5) is 31.4. The Hall–Kier alpha value is -3.13. The molecular formula is C24H26ClFN4O3. The number of hydrogen-bond acceptors (Lipinski definition) is 5. The quantitative estimate of drug-likeness (QED) is 0.544. The van der Waals surface area contributed by atoms with Gasteiger partial charge in [-0.05, 0) is 49.4 Å². The van der Waals surface area contributed by atoms with Gasteiger partial charge in [0.05, 0.1) is 16.6 Å². The molecule has 4 rings (SSSR count). The van der Waals surface area contributed by atoms with E-state index in [2.05, 4.69) is 24.1 Å². The second kappa shape index (κ2) is 8.67. The van der Waals surface area contributed by atoms with Gasteiger partial charge in [0.2, 0.25) is 0 Å². The van der Waals surface area contributed by atoms with E-state index >= 15 is 0 Å². The van der Waals surface area contributed by atoms with Crippen molar-refractivity contribution in [3.8, 4) is 0 Å². The van der Waals surface area contributed by atoms with Crippen molar-refractivity contribution >= 4 is 34.7 Å². The minimum absolute atomic E-state index is 0.185. The number of fused-ring (bicyclic) bond motifs is 1. The molecule has 1 aromatic carbocycles. The average Bonchev–Trinajstić information content (AvgIpc) is 2.74. The molecule has 3 aromatic rings. The van der Waals surface area contributed by atoms with Crippen LogP contribution >= 0.6 is 11.6 Å². The Bertz CT molecular complexity index is 1280. The fourth-order valence-corrected chi connectivity index (χ4v) is 4.35. The Kier molecular flexibility index (Phi) is 6.05. The highest BCUT2D eigenvalue weighted by molar-refractivity contribution is 6.30. The Morgan fingerprint density at radius 2 is 1.94 bits per heavy atom. The highest BCUT2D eigenvalue weighted by atomic mass is 35.5. The summed E-state index contributed by atoms with van der Waals surface area (Å²) < 4.78 is 15.0. The van der Waals surface area contributed by atoms with Crippen LogP contribution in [0.25, 0.3) is 5.65 Å². The van der Waals surface area contributed by atoms with Crippen molar-refractivity contribution in [2.75, 3.05) is 23.3 Å². The lowest BCUT2D eigenvalue weighted by atomic mass is 9.83. The molecule has 1 atom stereocenters. The Morgan fingerprint density at radius 3 is 2.61 bits per heavy atom. The molecule has 1 aliphatic heterocycles. The normalized spacial score (nSPS) is 16.6. The zero-order chi connectivity index (χ0) is 23.9. The summed E-state index contributed by atoms with van der Waals surface area (Å²) in [7, 11) is 0. The van der Waals surface area contributed by atoms with Gasteiger partial charge in [0, 0.05) is 36.6 Å². The van der Waals surface area contributed by atoms with Gasteiger partial charge in [-0.1, -0.05) is 25.4 Å². The third-order valence-electron chi connectivity index (χ3n) is 6.23. The number of nitrogens with one attached hydrogen (secondary N) is 1. The van der Waals surface area contributed by atoms with Crippen molar-refractivity contribution in [1.82, 2.24) is 9.38 Å². The molecule has 0 saturated carbocycles. The van der Waals surface area contributed by atoms with Crippen molar-refractivity contribution in [2.45, 2.75) is 39.7 Å². The summed E-state index contributed by atoms with van der Waals surface area (Å²) >= 11 is 6.30. The first kappa shape index (κ1) is 23.0. The number of carboxylic acid groups (broad SMARTS) is 1. The molecule has 1 fully saturated rings. The van der Waals surface area contributed by atoms with Gasteiger partial charge in [-0.15, -0.1) is 0 Å². The number of pyridine rings is 1. The molecule has 2 aromatic heterocycles. The zero-order valence-corrected chi connectivity index (χ0v) is 19.5. The Labute approximate surface area is 195 Å². The van der Waals surface area contributed by atoms with Gasteiger partial charge >= 0.3 is 5.97 Å². The van der Waals surface area contributed by atoms with Crippen LogP contribution in [0.1, 0.15) is 55.6 Å². The number of rotatable bonds is 5. The predicted octanol–water partition coefficient (Wildman–Crippen LogP) is 4.98. The molecule has 0 spiro atoms. The number of piperidine rings is 1. The van der Waals surface area contributed by atoms with Gasteiger partial charge in [0.1, 0.15) is 17.3 Å². The molecule has 3 heterocycles. The molecule has 0 amide bonds. The van der Waals surface area contributed by atoms with E-state index in [1.165, 1.54) is 28.8 Å². The summed E-state index contributed by atoms with van der Waals surface area (Å²) in [6, 6.07) is 6.29. The molecule has 0 unspecified atom stereocenters. The number of halogens is 2. The van der Waals surface area contributed by atoms with Crippen LogP contribution in [0.5, 0.6) is 0 Å². The maximum absolute atomic E-state index is 13.6. The third-order valence-corrected chi connectivity index (χ3v) is 6.44. The van der Waals surface area contributed by atoms with Gasteiger partial charge in [-0.3, -0.25) is 9.20 Å². The molecular weight excluding hydrogens is 447 g/mol. The maximum Gasteiger partial charge on any atom is 0.337 e. The molecule has 7 nitrogen and oxygen atoms in total. The molecule has 0 aliphatic carbocycles. The van der Waals surface area contributed by atoms with E-state index in [1.807, 2.05) is 6.92 Å². The molecule has 174 valence electrons. The fraction of sp³-hybridized carbons (Fsp3) is 0.375. The number of anilines is 2. The van der Waals surface area contributed by atoms with Gasteiger partial charge < -0.3 is 15.3 Å². The van der Waals surface area contributed by atoms with Crippen molar-refractivity contribution in [2.24, 2.45) is 5.41 Å². The van der Waals surface area contributed by atoms with Crippen molar-refractivity contribution in [1.29, 1.82) is 0 Å². The van der Waals surface area contributed by atoms with Crippen LogP contribution < -0.4 is 15.8 Å². The van der Waals surface area contributed by atoms with Crippen LogP contribution in [-0.4, -0.2) is 33.6 Å². The van der Waals surface area contributed by atoms with Gasteiger partial charge in [0.15, 0.2) is 0 Å². The second-order valence-electron chi connectivity index (χ2n) is 9.27. The Morgan fingerprint density at radius 1 is 1.24 bits per heavy atom. The SMILES string of the molecule is C[C@@H](Nc1ccc(F)cc1C(=O)O)c1cc(Cl)cn2c(=O)cc(N3CCC(C)(C)CC3)nc12. The topological polar surface area (TPSA) is 86.9 Å². The summed E-state index contributed by atoms with van der Waals surface area (Å²) in [5.41, 5.74) is 1.14. The van der Waals surface area contributed by atoms with Gasteiger partial charge in [0.25, 0.3) is 5.56 Å². The van der Waals surface area contributed by atoms with Gasteiger partial charge in [-0.2, -0.15) is 0 Å². The lowest BCUT2D eigenvalue weighted by Gasteiger charge is -2.37. The number of hydrogen-bond donors (Lipinski definition) is 2. The smallest absolute Gasteiger partial charge is 0.337 e. The van der Waals surface area contributed by atoms with Crippen molar-refractivity contribution in [3.63, 3.8) is 0 Å². The predicted molar refractivity (Wildman–Crippen MR) is 127 cm³/mol. The minimum atomic E-state index is -1.25. The Balaban J connectivity index is 1.75. The standard InChI is InChI=1S/C24H26ClFN4O3/c1-14(27-19-5-4-16(26)11-18(19)23(32)33)17-10-15(25)13-30-21(31)12-20(28-22(17)30)29-8-6-24(2,3)7-9-29/h4-5,10-14,27H,6-9H2,1-3H3,(H,32,33)/t14-/m1/s1. The lowest BCUT2D eigenvalue weighted by Crippen LogP contribution is -2.38. The number of benzene rings is 1. The number of aromatic carboxylic acids is 1. The first-order valence-corrected chi connectivity index (χ1v) is 11.2. The lowest BCUT2D eigenvalue weighted by molar-refractivity contribution is 0.0697. The van der Waals surface area contributed by atoms with E-state index in [0.717, 1.165) is 32.0 Å². The number of carboxylic acids is 1. The molecule has 9 heteroatoms. The molecule has 0 bridgehead atoms. The number of aromatic nitrogens is 2. The monoisotopic (exact) mass is 472 g/mol. The maximum atomic E-state index is 13.6. The van der Waals surface area contributed by atoms with E-state index in [4.69, 9.17) is 16.6 Å². The van der Waals surface area contributed by atoms with Crippen LogP contribution in [0.4, 0.5) is 15.9 Å². The summed E-state index contributed by atoms with van der Waals surface area (Å²) in [5, 5.41) is 12.9. The van der Waals surface area contributed by atoms with E-state index < -0.39 is 17.8 Å². The van der Waals surface area contributed by atoms with Gasteiger partial charge in [-0.25, -0.2) is 14.2 Å². The van der Waals surface area contributed by atoms with E-state index in [9.17, 15) is 19.1 Å². The minimum Gasteiger partial charge on any atom is -0.478 e. The average molecular weight is 473 g/mol. The van der Waals surface area contributed by atoms with E-state index in [1.54, 1.807) is 6.07 Å². The fourth-order valence-electron chi connectivity index (χ4n) is 4.13. The molecule has 33 heavy (non-hydrogen) atoms. The van der Waals surface area contributed by atoms with Crippen LogP contribution in [0.3, 0.4) is 0 Å².